The van der Waals surface area contributed by atoms with Crippen molar-refractivity contribution in [1.29, 1.82) is 0 Å². The van der Waals surface area contributed by atoms with Crippen molar-refractivity contribution in [3.05, 3.63) is 56.2 Å². The molecule has 9 nitrogen and oxygen atoms in total. The van der Waals surface area contributed by atoms with Crippen LogP contribution in [0.1, 0.15) is 45.0 Å². The zero-order valence-corrected chi connectivity index (χ0v) is 20.5. The van der Waals surface area contributed by atoms with Crippen molar-refractivity contribution < 1.29 is 28.6 Å². The van der Waals surface area contributed by atoms with Gasteiger partial charge in [0.1, 0.15) is 22.2 Å². The minimum Gasteiger partial charge on any atom is -0.495 e. The lowest BCUT2D eigenvalue weighted by molar-refractivity contribution is -0.116. The van der Waals surface area contributed by atoms with Crippen molar-refractivity contribution in [3.8, 4) is 5.75 Å². The first-order valence-corrected chi connectivity index (χ1v) is 11.5. The van der Waals surface area contributed by atoms with E-state index >= 15 is 0 Å². The highest BCUT2D eigenvalue weighted by atomic mass is 32.1. The maximum atomic E-state index is 13.0. The average Bonchev–Trinajstić information content (AvgIpc) is 3.12. The van der Waals surface area contributed by atoms with Crippen LogP contribution in [0.5, 0.6) is 5.75 Å². The quantitative estimate of drug-likeness (QED) is 0.483. The van der Waals surface area contributed by atoms with E-state index < -0.39 is 17.8 Å². The van der Waals surface area contributed by atoms with Crippen LogP contribution in [0.4, 0.5) is 5.00 Å². The molecule has 0 saturated heterocycles. The van der Waals surface area contributed by atoms with Crippen molar-refractivity contribution in [2.24, 2.45) is 0 Å². The van der Waals surface area contributed by atoms with Gasteiger partial charge in [0.05, 0.1) is 31.4 Å². The highest BCUT2D eigenvalue weighted by Crippen LogP contribution is 2.34. The summed E-state index contributed by atoms with van der Waals surface area (Å²) in [7, 11) is 1.49. The molecule has 1 aromatic carbocycles. The zero-order chi connectivity index (χ0) is 25.0. The third kappa shape index (κ3) is 4.81. The van der Waals surface area contributed by atoms with Gasteiger partial charge in [0.2, 0.25) is 5.91 Å². The predicted molar refractivity (Wildman–Crippen MR) is 129 cm³/mol. The minimum absolute atomic E-state index is 0.0851. The number of methoxy groups -OCH3 is 1. The molecule has 2 heterocycles. The van der Waals surface area contributed by atoms with E-state index in [0.717, 1.165) is 22.3 Å². The van der Waals surface area contributed by atoms with Crippen molar-refractivity contribution in [2.75, 3.05) is 25.6 Å². The first kappa shape index (κ1) is 25.0. The van der Waals surface area contributed by atoms with E-state index in [1.807, 2.05) is 13.0 Å². The number of pyridine rings is 1. The van der Waals surface area contributed by atoms with E-state index in [4.69, 9.17) is 14.2 Å². The number of esters is 2. The number of amides is 1. The number of thiophene rings is 1. The normalized spacial score (nSPS) is 10.7. The molecule has 10 heteroatoms. The molecule has 1 amide bonds. The Morgan fingerprint density at radius 1 is 1.06 bits per heavy atom. The summed E-state index contributed by atoms with van der Waals surface area (Å²) < 4.78 is 16.9. The number of aryl methyl sites for hydroxylation is 1. The third-order valence-electron chi connectivity index (χ3n) is 5.16. The van der Waals surface area contributed by atoms with E-state index in [1.165, 1.54) is 17.7 Å². The first-order valence-electron chi connectivity index (χ1n) is 10.7. The number of carbonyl (C=O) groups is 3. The number of rotatable bonds is 8. The highest BCUT2D eigenvalue weighted by Gasteiger charge is 2.27. The second-order valence-electron chi connectivity index (χ2n) is 7.36. The summed E-state index contributed by atoms with van der Waals surface area (Å²) in [6.07, 6.45) is 0. The SMILES string of the molecule is CCOC(=O)c1sc(NC(=O)Cn2c(=O)cc(C)c3cccc(OC)c32)c(C(=O)OCC)c1C. The van der Waals surface area contributed by atoms with Crippen LogP contribution in [0, 0.1) is 13.8 Å². The summed E-state index contributed by atoms with van der Waals surface area (Å²) in [5, 5.41) is 3.60. The Bertz CT molecular complexity index is 1320. The summed E-state index contributed by atoms with van der Waals surface area (Å²) in [5.74, 6) is -1.36. The topological polar surface area (TPSA) is 113 Å². The molecule has 0 fully saturated rings. The van der Waals surface area contributed by atoms with Gasteiger partial charge in [-0.2, -0.15) is 0 Å². The van der Waals surface area contributed by atoms with Crippen LogP contribution in [0.15, 0.2) is 29.1 Å². The molecule has 0 bridgehead atoms. The fraction of sp³-hybridized carbons (Fsp3) is 0.333. The molecule has 0 aliphatic heterocycles. The van der Waals surface area contributed by atoms with Gasteiger partial charge in [0.25, 0.3) is 5.56 Å². The molecule has 0 atom stereocenters. The number of carbonyl (C=O) groups excluding carboxylic acids is 3. The average molecular weight is 487 g/mol. The molecule has 0 saturated carbocycles. The van der Waals surface area contributed by atoms with Gasteiger partial charge in [0, 0.05) is 11.5 Å². The summed E-state index contributed by atoms with van der Waals surface area (Å²) in [6, 6.07) is 6.81. The number of aromatic nitrogens is 1. The molecule has 3 aromatic rings. The number of para-hydroxylation sites is 1. The van der Waals surface area contributed by atoms with E-state index in [1.54, 1.807) is 32.9 Å². The van der Waals surface area contributed by atoms with E-state index in [0.29, 0.717) is 16.8 Å². The van der Waals surface area contributed by atoms with Gasteiger partial charge in [-0.05, 0) is 44.9 Å². The Labute approximate surface area is 200 Å². The standard InChI is InChI=1S/C24H26N2O7S/c1-6-32-23(29)19-14(4)21(24(30)33-7-2)34-22(19)25-17(27)12-26-18(28)11-13(3)15-9-8-10-16(31-5)20(15)26/h8-11H,6-7,12H2,1-5H3,(H,25,27). The number of nitrogens with one attached hydrogen (secondary N) is 1. The number of anilines is 1. The second-order valence-corrected chi connectivity index (χ2v) is 8.38. The minimum atomic E-state index is -0.665. The molecule has 0 spiro atoms. The summed E-state index contributed by atoms with van der Waals surface area (Å²) in [6.45, 7) is 6.70. The van der Waals surface area contributed by atoms with E-state index in [-0.39, 0.29) is 40.8 Å². The molecule has 0 aliphatic rings. The molecule has 3 rings (SSSR count). The van der Waals surface area contributed by atoms with Crippen LogP contribution in [-0.4, -0.2) is 42.7 Å². The largest absolute Gasteiger partial charge is 0.495 e. The van der Waals surface area contributed by atoms with Gasteiger partial charge >= 0.3 is 11.9 Å². The van der Waals surface area contributed by atoms with Crippen LogP contribution in [0.3, 0.4) is 0 Å². The number of nitrogens with zero attached hydrogens (tertiary/aromatic N) is 1. The predicted octanol–water partition coefficient (Wildman–Crippen LogP) is 3.68. The number of hydrogen-bond acceptors (Lipinski definition) is 8. The van der Waals surface area contributed by atoms with Crippen molar-refractivity contribution in [1.82, 2.24) is 4.57 Å². The van der Waals surface area contributed by atoms with Gasteiger partial charge in [0.15, 0.2) is 0 Å². The molecule has 180 valence electrons. The Hall–Kier alpha value is -3.66. The fourth-order valence-electron chi connectivity index (χ4n) is 3.64. The van der Waals surface area contributed by atoms with E-state index in [2.05, 4.69) is 5.32 Å². The van der Waals surface area contributed by atoms with Gasteiger partial charge in [-0.1, -0.05) is 12.1 Å². The second kappa shape index (κ2) is 10.5. The molecule has 1 N–H and O–H groups in total. The Morgan fingerprint density at radius 3 is 2.38 bits per heavy atom. The van der Waals surface area contributed by atoms with Crippen LogP contribution in [0.2, 0.25) is 0 Å². The number of benzene rings is 1. The smallest absolute Gasteiger partial charge is 0.348 e. The Balaban J connectivity index is 2.02. The maximum Gasteiger partial charge on any atom is 0.348 e. The third-order valence-corrected chi connectivity index (χ3v) is 6.35. The van der Waals surface area contributed by atoms with Crippen LogP contribution in [-0.2, 0) is 20.8 Å². The van der Waals surface area contributed by atoms with Gasteiger partial charge < -0.3 is 19.5 Å². The fourth-order valence-corrected chi connectivity index (χ4v) is 4.75. The molecule has 0 unspecified atom stereocenters. The van der Waals surface area contributed by atoms with Gasteiger partial charge in [-0.15, -0.1) is 11.3 Å². The lowest BCUT2D eigenvalue weighted by Gasteiger charge is -2.15. The summed E-state index contributed by atoms with van der Waals surface area (Å²) in [5.41, 5.74) is 1.32. The number of ether oxygens (including phenoxy) is 3. The molecule has 0 aliphatic carbocycles. The highest BCUT2D eigenvalue weighted by molar-refractivity contribution is 7.18. The molecule has 0 radical (unpaired) electrons. The number of fused-ring (bicyclic) bond motifs is 1. The van der Waals surface area contributed by atoms with Crippen molar-refractivity contribution in [3.63, 3.8) is 0 Å². The monoisotopic (exact) mass is 486 g/mol. The summed E-state index contributed by atoms with van der Waals surface area (Å²) in [4.78, 5) is 50.9. The lowest BCUT2D eigenvalue weighted by atomic mass is 10.1. The van der Waals surface area contributed by atoms with Gasteiger partial charge in [-0.25, -0.2) is 9.59 Å². The van der Waals surface area contributed by atoms with Gasteiger partial charge in [-0.3, -0.25) is 14.2 Å². The first-order chi connectivity index (χ1) is 16.2. The molecule has 2 aromatic heterocycles. The summed E-state index contributed by atoms with van der Waals surface area (Å²) >= 11 is 0.926. The van der Waals surface area contributed by atoms with Crippen molar-refractivity contribution in [2.45, 2.75) is 34.2 Å². The maximum absolute atomic E-state index is 13.0. The van der Waals surface area contributed by atoms with Crippen molar-refractivity contribution >= 4 is 45.1 Å². The Kier molecular flexibility index (Phi) is 7.72. The van der Waals surface area contributed by atoms with Crippen LogP contribution < -0.4 is 15.6 Å². The Morgan fingerprint density at radius 2 is 1.74 bits per heavy atom. The molecule has 34 heavy (non-hydrogen) atoms. The number of hydrogen-bond donors (Lipinski definition) is 1. The van der Waals surface area contributed by atoms with Crippen LogP contribution >= 0.6 is 11.3 Å². The van der Waals surface area contributed by atoms with E-state index in [9.17, 15) is 19.2 Å². The zero-order valence-electron chi connectivity index (χ0n) is 19.6. The lowest BCUT2D eigenvalue weighted by Crippen LogP contribution is -2.28. The molecular weight excluding hydrogens is 460 g/mol. The van der Waals surface area contributed by atoms with Crippen LogP contribution in [0.25, 0.3) is 10.9 Å². The molecular formula is C24H26N2O7S.